The minimum absolute atomic E-state index is 0.255. The highest BCUT2D eigenvalue weighted by molar-refractivity contribution is 7.10. The number of nitrogens with one attached hydrogen (secondary N) is 3. The van der Waals surface area contributed by atoms with Gasteiger partial charge in [0.25, 0.3) is 5.91 Å². The second-order valence-electron chi connectivity index (χ2n) is 6.26. The number of likely N-dealkylation sites (N-methyl/N-ethyl adjacent to an activating group) is 1. The zero-order chi connectivity index (χ0) is 21.3. The second kappa shape index (κ2) is 11.2. The van der Waals surface area contributed by atoms with Crippen molar-refractivity contribution in [1.29, 1.82) is 0 Å². The summed E-state index contributed by atoms with van der Waals surface area (Å²) in [6, 6.07) is 1.60. The van der Waals surface area contributed by atoms with E-state index in [0.717, 1.165) is 0 Å². The molecule has 156 valence electrons. The summed E-state index contributed by atoms with van der Waals surface area (Å²) in [6.45, 7) is 1.31. The minimum atomic E-state index is -1.64. The van der Waals surface area contributed by atoms with Crippen molar-refractivity contribution in [2.75, 3.05) is 20.6 Å². The summed E-state index contributed by atoms with van der Waals surface area (Å²) in [5, 5.41) is 27.5. The Kier molecular flexibility index (Phi) is 9.39. The Morgan fingerprint density at radius 1 is 1.21 bits per heavy atom. The lowest BCUT2D eigenvalue weighted by Gasteiger charge is -2.23. The number of nitrogens with zero attached hydrogens (tertiary/aromatic N) is 1. The number of rotatable bonds is 10. The van der Waals surface area contributed by atoms with Crippen molar-refractivity contribution in [1.82, 2.24) is 20.9 Å². The molecule has 10 nitrogen and oxygen atoms in total. The standard InChI is InChI=1S/C17H26N4O6S/c1-4-6-10(19-17(26)27)14(23)15(24)18-9-12(22)20-13(16(25)21(2)3)11-7-5-8-28-11/h5,7-8,10,13-14,19,23H,4,6,9H2,1-3H3,(H,18,24)(H,20,22)(H,26,27)/t10-,13-,14?/m0/s1. The minimum Gasteiger partial charge on any atom is -0.465 e. The Bertz CT molecular complexity index is 679. The Morgan fingerprint density at radius 3 is 2.39 bits per heavy atom. The van der Waals surface area contributed by atoms with Gasteiger partial charge in [0.05, 0.1) is 12.6 Å². The molecule has 0 radical (unpaired) electrons. The molecular formula is C17H26N4O6S. The molecule has 0 aliphatic carbocycles. The van der Waals surface area contributed by atoms with Crippen LogP contribution in [0.3, 0.4) is 0 Å². The van der Waals surface area contributed by atoms with Crippen LogP contribution in [0, 0.1) is 0 Å². The summed E-state index contributed by atoms with van der Waals surface area (Å²) in [6.07, 6.45) is -2.19. The quantitative estimate of drug-likeness (QED) is 0.361. The fourth-order valence-corrected chi connectivity index (χ4v) is 3.18. The van der Waals surface area contributed by atoms with Crippen molar-refractivity contribution in [2.24, 2.45) is 0 Å². The summed E-state index contributed by atoms with van der Waals surface area (Å²) in [5.74, 6) is -1.82. The molecule has 28 heavy (non-hydrogen) atoms. The molecule has 0 aromatic carbocycles. The molecule has 0 aliphatic rings. The third kappa shape index (κ3) is 7.16. The number of hydrogen-bond donors (Lipinski definition) is 5. The van der Waals surface area contributed by atoms with Crippen LogP contribution in [0.15, 0.2) is 17.5 Å². The van der Waals surface area contributed by atoms with Crippen LogP contribution >= 0.6 is 11.3 Å². The van der Waals surface area contributed by atoms with Gasteiger partial charge in [0.2, 0.25) is 11.8 Å². The van der Waals surface area contributed by atoms with Gasteiger partial charge in [-0.25, -0.2) is 4.79 Å². The van der Waals surface area contributed by atoms with Crippen molar-refractivity contribution in [3.8, 4) is 0 Å². The Balaban J connectivity index is 2.67. The van der Waals surface area contributed by atoms with E-state index >= 15 is 0 Å². The van der Waals surface area contributed by atoms with Crippen LogP contribution in [-0.4, -0.2) is 71.7 Å². The van der Waals surface area contributed by atoms with Crippen molar-refractivity contribution >= 4 is 35.2 Å². The zero-order valence-electron chi connectivity index (χ0n) is 16.0. The summed E-state index contributed by atoms with van der Waals surface area (Å²) < 4.78 is 0. The van der Waals surface area contributed by atoms with Gasteiger partial charge in [0.15, 0.2) is 6.10 Å². The highest BCUT2D eigenvalue weighted by atomic mass is 32.1. The van der Waals surface area contributed by atoms with E-state index < -0.39 is 42.6 Å². The molecule has 11 heteroatoms. The lowest BCUT2D eigenvalue weighted by atomic mass is 10.1. The number of carboxylic acid groups (broad SMARTS) is 1. The van der Waals surface area contributed by atoms with E-state index in [9.17, 15) is 24.3 Å². The topological polar surface area (TPSA) is 148 Å². The smallest absolute Gasteiger partial charge is 0.404 e. The van der Waals surface area contributed by atoms with Crippen molar-refractivity contribution in [3.63, 3.8) is 0 Å². The Morgan fingerprint density at radius 2 is 1.89 bits per heavy atom. The van der Waals surface area contributed by atoms with Gasteiger partial charge >= 0.3 is 6.09 Å². The molecule has 0 aliphatic heterocycles. The normalized spacial score (nSPS) is 13.7. The van der Waals surface area contributed by atoms with E-state index in [4.69, 9.17) is 5.11 Å². The van der Waals surface area contributed by atoms with Crippen molar-refractivity contribution in [3.05, 3.63) is 22.4 Å². The van der Waals surface area contributed by atoms with Gasteiger partial charge in [-0.1, -0.05) is 19.4 Å². The largest absolute Gasteiger partial charge is 0.465 e. The Labute approximate surface area is 166 Å². The molecular weight excluding hydrogens is 388 g/mol. The summed E-state index contributed by atoms with van der Waals surface area (Å²) in [7, 11) is 3.13. The van der Waals surface area contributed by atoms with E-state index in [1.165, 1.54) is 16.2 Å². The molecule has 4 amide bonds. The number of carbonyl (C=O) groups is 4. The first-order valence-electron chi connectivity index (χ1n) is 8.66. The average molecular weight is 414 g/mol. The number of amides is 4. The third-order valence-corrected chi connectivity index (χ3v) is 4.74. The van der Waals surface area contributed by atoms with E-state index in [0.29, 0.717) is 11.3 Å². The van der Waals surface area contributed by atoms with Crippen LogP contribution in [0.1, 0.15) is 30.7 Å². The second-order valence-corrected chi connectivity index (χ2v) is 7.24. The summed E-state index contributed by atoms with van der Waals surface area (Å²) in [5.41, 5.74) is 0. The van der Waals surface area contributed by atoms with E-state index in [2.05, 4.69) is 16.0 Å². The summed E-state index contributed by atoms with van der Waals surface area (Å²) in [4.78, 5) is 49.3. The van der Waals surface area contributed by atoms with E-state index in [1.54, 1.807) is 38.5 Å². The van der Waals surface area contributed by atoms with Gasteiger partial charge in [-0.15, -0.1) is 11.3 Å². The molecule has 0 spiro atoms. The highest BCUT2D eigenvalue weighted by Gasteiger charge is 2.28. The molecule has 3 atom stereocenters. The number of hydrogen-bond acceptors (Lipinski definition) is 6. The zero-order valence-corrected chi connectivity index (χ0v) is 16.8. The number of carbonyl (C=O) groups excluding carboxylic acids is 3. The predicted molar refractivity (Wildman–Crippen MR) is 103 cm³/mol. The van der Waals surface area contributed by atoms with Crippen LogP contribution < -0.4 is 16.0 Å². The van der Waals surface area contributed by atoms with Gasteiger partial charge in [-0.3, -0.25) is 14.4 Å². The monoisotopic (exact) mass is 414 g/mol. The highest BCUT2D eigenvalue weighted by Crippen LogP contribution is 2.20. The number of aliphatic hydroxyl groups is 1. The fourth-order valence-electron chi connectivity index (χ4n) is 2.41. The van der Waals surface area contributed by atoms with Gasteiger partial charge in [0.1, 0.15) is 6.04 Å². The van der Waals surface area contributed by atoms with Gasteiger partial charge in [-0.05, 0) is 17.9 Å². The van der Waals surface area contributed by atoms with Crippen LogP contribution in [0.25, 0.3) is 0 Å². The van der Waals surface area contributed by atoms with E-state index in [1.807, 2.05) is 0 Å². The van der Waals surface area contributed by atoms with Crippen molar-refractivity contribution in [2.45, 2.75) is 38.0 Å². The summed E-state index contributed by atoms with van der Waals surface area (Å²) >= 11 is 1.31. The Hall–Kier alpha value is -2.66. The molecule has 0 saturated heterocycles. The molecule has 0 bridgehead atoms. The first kappa shape index (κ1) is 23.4. The molecule has 1 rings (SSSR count). The lowest BCUT2D eigenvalue weighted by Crippen LogP contribution is -2.52. The van der Waals surface area contributed by atoms with Crippen LogP contribution in [0.4, 0.5) is 4.79 Å². The van der Waals surface area contributed by atoms with Crippen LogP contribution in [-0.2, 0) is 14.4 Å². The predicted octanol–water partition coefficient (Wildman–Crippen LogP) is -0.0930. The molecule has 5 N–H and O–H groups in total. The SMILES string of the molecule is CCC[C@H](NC(=O)O)C(O)C(=O)NCC(=O)N[C@H](C(=O)N(C)C)c1cccs1. The van der Waals surface area contributed by atoms with Crippen LogP contribution in [0.5, 0.6) is 0 Å². The number of thiophene rings is 1. The van der Waals surface area contributed by atoms with Gasteiger partial charge in [-0.2, -0.15) is 0 Å². The molecule has 1 aromatic heterocycles. The van der Waals surface area contributed by atoms with Gasteiger partial charge in [0, 0.05) is 19.0 Å². The van der Waals surface area contributed by atoms with Crippen molar-refractivity contribution < 1.29 is 29.4 Å². The molecule has 0 saturated carbocycles. The maximum absolute atomic E-state index is 12.3. The maximum atomic E-state index is 12.3. The van der Waals surface area contributed by atoms with Crippen LogP contribution in [0.2, 0.25) is 0 Å². The third-order valence-electron chi connectivity index (χ3n) is 3.80. The molecule has 1 aromatic rings. The molecule has 0 fully saturated rings. The number of aliphatic hydroxyl groups excluding tert-OH is 1. The molecule has 1 unspecified atom stereocenters. The molecule has 1 heterocycles. The lowest BCUT2D eigenvalue weighted by molar-refractivity contribution is -0.135. The first-order chi connectivity index (χ1) is 13.2. The first-order valence-corrected chi connectivity index (χ1v) is 9.54. The van der Waals surface area contributed by atoms with E-state index in [-0.39, 0.29) is 12.3 Å². The van der Waals surface area contributed by atoms with Gasteiger partial charge < -0.3 is 31.1 Å². The average Bonchev–Trinajstić information content (AvgIpc) is 3.16. The fraction of sp³-hybridized carbons (Fsp3) is 0.529. The maximum Gasteiger partial charge on any atom is 0.404 e.